The minimum atomic E-state index is -0.547. The zero-order valence-electron chi connectivity index (χ0n) is 11.4. The molecule has 1 atom stereocenters. The van der Waals surface area contributed by atoms with Crippen LogP contribution in [0.25, 0.3) is 0 Å². The maximum absolute atomic E-state index is 11.4. The molecule has 0 saturated heterocycles. The van der Waals surface area contributed by atoms with Crippen LogP contribution < -0.4 is 15.8 Å². The number of nitrogens with one attached hydrogen (secondary N) is 1. The number of halogens is 2. The fourth-order valence-electron chi connectivity index (χ4n) is 1.52. The molecule has 21 heavy (non-hydrogen) atoms. The zero-order valence-corrected chi connectivity index (χ0v) is 12.9. The highest BCUT2D eigenvalue weighted by Crippen LogP contribution is 2.29. The lowest BCUT2D eigenvalue weighted by molar-refractivity contribution is -0.117. The van der Waals surface area contributed by atoms with Gasteiger partial charge in [-0.3, -0.25) is 4.79 Å². The summed E-state index contributed by atoms with van der Waals surface area (Å²) in [6, 6.07) is 13.7. The summed E-state index contributed by atoms with van der Waals surface area (Å²) < 4.78 is 5.65. The molecule has 0 aliphatic heterocycles. The van der Waals surface area contributed by atoms with Gasteiger partial charge in [-0.1, -0.05) is 23.7 Å². The van der Waals surface area contributed by atoms with Gasteiger partial charge in [0.15, 0.2) is 0 Å². The molecule has 0 unspecified atom stereocenters. The molecule has 3 N–H and O–H groups in total. The summed E-state index contributed by atoms with van der Waals surface area (Å²) in [5.74, 6) is 0.989. The van der Waals surface area contributed by atoms with E-state index in [4.69, 9.17) is 22.1 Å². The molecular weight excluding hydrogens is 311 g/mol. The molecule has 0 bridgehead atoms. The summed E-state index contributed by atoms with van der Waals surface area (Å²) in [5, 5.41) is 3.24. The average Bonchev–Trinajstić information content (AvgIpc) is 2.43. The summed E-state index contributed by atoms with van der Waals surface area (Å²) in [6.45, 7) is 1.63. The summed E-state index contributed by atoms with van der Waals surface area (Å²) in [5.41, 5.74) is 6.15. The number of ether oxygens (including phenoxy) is 1. The molecule has 4 nitrogen and oxygen atoms in total. The van der Waals surface area contributed by atoms with Crippen LogP contribution in [-0.4, -0.2) is 11.9 Å². The van der Waals surface area contributed by atoms with Crippen LogP contribution in [0.4, 0.5) is 5.69 Å². The molecule has 1 amide bonds. The summed E-state index contributed by atoms with van der Waals surface area (Å²) in [6.07, 6.45) is 0. The Kier molecular flexibility index (Phi) is 6.49. The van der Waals surface area contributed by atoms with Crippen LogP contribution in [0.1, 0.15) is 6.92 Å². The van der Waals surface area contributed by atoms with Gasteiger partial charge in [0.25, 0.3) is 0 Å². The van der Waals surface area contributed by atoms with Crippen molar-refractivity contribution in [2.24, 2.45) is 5.73 Å². The lowest BCUT2D eigenvalue weighted by atomic mass is 10.2. The van der Waals surface area contributed by atoms with Gasteiger partial charge in [-0.2, -0.15) is 0 Å². The Morgan fingerprint density at radius 3 is 2.38 bits per heavy atom. The van der Waals surface area contributed by atoms with Crippen molar-refractivity contribution in [1.29, 1.82) is 0 Å². The molecule has 0 fully saturated rings. The molecule has 2 rings (SSSR count). The van der Waals surface area contributed by atoms with E-state index < -0.39 is 6.04 Å². The van der Waals surface area contributed by atoms with Gasteiger partial charge in [-0.05, 0) is 43.3 Å². The van der Waals surface area contributed by atoms with E-state index in [-0.39, 0.29) is 18.3 Å². The van der Waals surface area contributed by atoms with Gasteiger partial charge in [0.1, 0.15) is 11.5 Å². The van der Waals surface area contributed by atoms with Gasteiger partial charge in [0.05, 0.1) is 11.1 Å². The van der Waals surface area contributed by atoms with E-state index in [2.05, 4.69) is 5.32 Å². The summed E-state index contributed by atoms with van der Waals surface area (Å²) in [4.78, 5) is 11.4. The number of carbonyl (C=O) groups is 1. The van der Waals surface area contributed by atoms with Crippen molar-refractivity contribution >= 4 is 35.6 Å². The van der Waals surface area contributed by atoms with E-state index in [1.165, 1.54) is 0 Å². The Hall–Kier alpha value is -1.75. The Morgan fingerprint density at radius 2 is 1.81 bits per heavy atom. The van der Waals surface area contributed by atoms with Gasteiger partial charge in [-0.15, -0.1) is 12.4 Å². The van der Waals surface area contributed by atoms with Crippen LogP contribution >= 0.6 is 24.0 Å². The number of amides is 1. The van der Waals surface area contributed by atoms with Crippen LogP contribution in [0.5, 0.6) is 11.5 Å². The second-order valence-corrected chi connectivity index (χ2v) is 4.74. The number of benzene rings is 2. The molecule has 0 aliphatic carbocycles. The topological polar surface area (TPSA) is 64.4 Å². The van der Waals surface area contributed by atoms with E-state index >= 15 is 0 Å². The minimum Gasteiger partial charge on any atom is -0.456 e. The second-order valence-electron chi connectivity index (χ2n) is 4.33. The van der Waals surface area contributed by atoms with Crippen LogP contribution in [-0.2, 0) is 4.79 Å². The van der Waals surface area contributed by atoms with E-state index in [1.807, 2.05) is 12.1 Å². The van der Waals surface area contributed by atoms with E-state index in [9.17, 15) is 4.79 Å². The molecule has 0 aliphatic rings. The first-order valence-electron chi connectivity index (χ1n) is 6.15. The standard InChI is InChI=1S/C15H15ClN2O2.ClH/c1-10(17)15(19)18-11-6-8-12(9-7-11)20-14-5-3-2-4-13(14)16;/h2-10H,17H2,1H3,(H,18,19);1H/t10-;/m0./s1. The lowest BCUT2D eigenvalue weighted by Crippen LogP contribution is -2.32. The first kappa shape index (κ1) is 17.3. The molecule has 6 heteroatoms. The lowest BCUT2D eigenvalue weighted by Gasteiger charge is -2.10. The number of hydrogen-bond acceptors (Lipinski definition) is 3. The number of para-hydroxylation sites is 1. The Bertz CT molecular complexity index is 601. The van der Waals surface area contributed by atoms with Crippen molar-refractivity contribution < 1.29 is 9.53 Å². The number of hydrogen-bond donors (Lipinski definition) is 2. The van der Waals surface area contributed by atoms with E-state index in [0.717, 1.165) is 0 Å². The summed E-state index contributed by atoms with van der Waals surface area (Å²) in [7, 11) is 0. The van der Waals surface area contributed by atoms with Crippen molar-refractivity contribution in [3.05, 3.63) is 53.6 Å². The van der Waals surface area contributed by atoms with Gasteiger partial charge >= 0.3 is 0 Å². The molecular formula is C15H16Cl2N2O2. The smallest absolute Gasteiger partial charge is 0.240 e. The summed E-state index contributed by atoms with van der Waals surface area (Å²) >= 11 is 6.01. The number of carbonyl (C=O) groups excluding carboxylic acids is 1. The van der Waals surface area contributed by atoms with Crippen LogP contribution in [0, 0.1) is 0 Å². The molecule has 2 aromatic rings. The van der Waals surface area contributed by atoms with Crippen molar-refractivity contribution in [3.63, 3.8) is 0 Å². The van der Waals surface area contributed by atoms with Gasteiger partial charge in [0, 0.05) is 5.69 Å². The molecule has 0 spiro atoms. The average molecular weight is 327 g/mol. The van der Waals surface area contributed by atoms with Crippen molar-refractivity contribution in [2.45, 2.75) is 13.0 Å². The monoisotopic (exact) mass is 326 g/mol. The third-order valence-electron chi connectivity index (χ3n) is 2.60. The molecule has 0 heterocycles. The van der Waals surface area contributed by atoms with Crippen molar-refractivity contribution in [1.82, 2.24) is 0 Å². The highest BCUT2D eigenvalue weighted by Gasteiger charge is 2.07. The largest absolute Gasteiger partial charge is 0.456 e. The third kappa shape index (κ3) is 4.93. The number of nitrogens with two attached hydrogens (primary N) is 1. The molecule has 0 radical (unpaired) electrons. The second kappa shape index (κ2) is 7.88. The quantitative estimate of drug-likeness (QED) is 0.897. The van der Waals surface area contributed by atoms with Crippen molar-refractivity contribution in [2.75, 3.05) is 5.32 Å². The Balaban J connectivity index is 0.00000220. The molecule has 0 aromatic heterocycles. The molecule has 0 saturated carbocycles. The highest BCUT2D eigenvalue weighted by atomic mass is 35.5. The van der Waals surface area contributed by atoms with E-state index in [0.29, 0.717) is 22.2 Å². The van der Waals surface area contributed by atoms with Gasteiger partial charge in [0.2, 0.25) is 5.91 Å². The zero-order chi connectivity index (χ0) is 14.5. The normalized spacial score (nSPS) is 11.2. The molecule has 2 aromatic carbocycles. The number of rotatable bonds is 4. The third-order valence-corrected chi connectivity index (χ3v) is 2.91. The van der Waals surface area contributed by atoms with Crippen molar-refractivity contribution in [3.8, 4) is 11.5 Å². The number of anilines is 1. The minimum absolute atomic E-state index is 0. The van der Waals surface area contributed by atoms with Crippen LogP contribution in [0.3, 0.4) is 0 Å². The fourth-order valence-corrected chi connectivity index (χ4v) is 1.69. The Morgan fingerprint density at radius 1 is 1.19 bits per heavy atom. The maximum Gasteiger partial charge on any atom is 0.240 e. The fraction of sp³-hybridized carbons (Fsp3) is 0.133. The predicted octanol–water partition coefficient (Wildman–Crippen LogP) is 3.84. The SMILES string of the molecule is C[C@H](N)C(=O)Nc1ccc(Oc2ccccc2Cl)cc1.Cl. The van der Waals surface area contributed by atoms with Crippen LogP contribution in [0.15, 0.2) is 48.5 Å². The first-order valence-corrected chi connectivity index (χ1v) is 6.53. The highest BCUT2D eigenvalue weighted by molar-refractivity contribution is 6.32. The van der Waals surface area contributed by atoms with Gasteiger partial charge in [-0.25, -0.2) is 0 Å². The first-order chi connectivity index (χ1) is 9.56. The van der Waals surface area contributed by atoms with Gasteiger partial charge < -0.3 is 15.8 Å². The van der Waals surface area contributed by atoms with Crippen LogP contribution in [0.2, 0.25) is 5.02 Å². The predicted molar refractivity (Wildman–Crippen MR) is 87.5 cm³/mol. The maximum atomic E-state index is 11.4. The molecule has 112 valence electrons. The van der Waals surface area contributed by atoms with E-state index in [1.54, 1.807) is 43.3 Å². The Labute approximate surface area is 134 Å².